The van der Waals surface area contributed by atoms with Gasteiger partial charge in [0.15, 0.2) is 0 Å². The van der Waals surface area contributed by atoms with Gasteiger partial charge in [0.05, 0.1) is 17.3 Å². The number of aromatic nitrogens is 2. The molecule has 0 fully saturated rings. The standard InChI is InChI=1S/C15H28N4O/c1-7-8-17-15(6,14(16)20)9-10(2)19-13(5)11(3)12(4)18-19/h10,17H,7-9H2,1-6H3,(H2,16,20). The second kappa shape index (κ2) is 6.39. The van der Waals surface area contributed by atoms with Gasteiger partial charge in [-0.3, -0.25) is 9.48 Å². The Balaban J connectivity index is 2.93. The van der Waals surface area contributed by atoms with Gasteiger partial charge in [-0.2, -0.15) is 5.10 Å². The lowest BCUT2D eigenvalue weighted by molar-refractivity contribution is -0.124. The quantitative estimate of drug-likeness (QED) is 0.802. The molecule has 2 unspecified atom stereocenters. The second-order valence-corrected chi connectivity index (χ2v) is 5.92. The van der Waals surface area contributed by atoms with E-state index in [4.69, 9.17) is 5.73 Å². The first-order chi connectivity index (χ1) is 9.23. The van der Waals surface area contributed by atoms with Crippen molar-refractivity contribution in [3.63, 3.8) is 0 Å². The van der Waals surface area contributed by atoms with Crippen LogP contribution >= 0.6 is 0 Å². The van der Waals surface area contributed by atoms with E-state index in [1.165, 1.54) is 5.56 Å². The minimum absolute atomic E-state index is 0.115. The average molecular weight is 280 g/mol. The highest BCUT2D eigenvalue weighted by Crippen LogP contribution is 2.24. The van der Waals surface area contributed by atoms with Gasteiger partial charge in [-0.05, 0) is 59.6 Å². The number of rotatable bonds is 7. The van der Waals surface area contributed by atoms with Gasteiger partial charge in [-0.15, -0.1) is 0 Å². The number of hydrogen-bond acceptors (Lipinski definition) is 3. The maximum atomic E-state index is 11.8. The molecule has 0 aliphatic rings. The molecule has 0 aliphatic heterocycles. The first kappa shape index (κ1) is 16.7. The fourth-order valence-corrected chi connectivity index (χ4v) is 2.51. The lowest BCUT2D eigenvalue weighted by atomic mass is 9.92. The van der Waals surface area contributed by atoms with Crippen molar-refractivity contribution in [3.05, 3.63) is 17.0 Å². The van der Waals surface area contributed by atoms with Gasteiger partial charge in [0.25, 0.3) is 0 Å². The third kappa shape index (κ3) is 3.39. The number of carbonyl (C=O) groups is 1. The zero-order valence-corrected chi connectivity index (χ0v) is 13.6. The maximum absolute atomic E-state index is 11.8. The van der Waals surface area contributed by atoms with Crippen molar-refractivity contribution in [2.75, 3.05) is 6.54 Å². The molecular weight excluding hydrogens is 252 g/mol. The molecule has 0 aromatic carbocycles. The molecule has 20 heavy (non-hydrogen) atoms. The fraction of sp³-hybridized carbons (Fsp3) is 0.733. The molecule has 1 heterocycles. The highest BCUT2D eigenvalue weighted by Gasteiger charge is 2.33. The highest BCUT2D eigenvalue weighted by atomic mass is 16.1. The van der Waals surface area contributed by atoms with Crippen LogP contribution in [0.3, 0.4) is 0 Å². The predicted octanol–water partition coefficient (Wildman–Crippen LogP) is 2.00. The van der Waals surface area contributed by atoms with E-state index >= 15 is 0 Å². The first-order valence-corrected chi connectivity index (χ1v) is 7.30. The van der Waals surface area contributed by atoms with Crippen molar-refractivity contribution in [2.45, 2.75) is 66.0 Å². The summed E-state index contributed by atoms with van der Waals surface area (Å²) in [7, 11) is 0. The Bertz CT molecular complexity index is 480. The maximum Gasteiger partial charge on any atom is 0.237 e. The molecule has 114 valence electrons. The molecule has 1 rings (SSSR count). The zero-order valence-electron chi connectivity index (χ0n) is 13.6. The van der Waals surface area contributed by atoms with Crippen LogP contribution in [0.2, 0.25) is 0 Å². The molecule has 3 N–H and O–H groups in total. The van der Waals surface area contributed by atoms with Crippen molar-refractivity contribution < 1.29 is 4.79 Å². The third-order valence-electron chi connectivity index (χ3n) is 4.12. The van der Waals surface area contributed by atoms with E-state index in [1.807, 2.05) is 18.5 Å². The van der Waals surface area contributed by atoms with Gasteiger partial charge in [0.1, 0.15) is 0 Å². The number of aryl methyl sites for hydroxylation is 1. The molecule has 5 heteroatoms. The Labute approximate surface area is 121 Å². The third-order valence-corrected chi connectivity index (χ3v) is 4.12. The molecule has 1 aromatic rings. The van der Waals surface area contributed by atoms with E-state index in [0.29, 0.717) is 6.42 Å². The molecule has 2 atom stereocenters. The summed E-state index contributed by atoms with van der Waals surface area (Å²) in [5, 5.41) is 7.84. The molecule has 1 aromatic heterocycles. The summed E-state index contributed by atoms with van der Waals surface area (Å²) < 4.78 is 2.00. The number of carbonyl (C=O) groups excluding carboxylic acids is 1. The summed E-state index contributed by atoms with van der Waals surface area (Å²) in [6.45, 7) is 12.9. The highest BCUT2D eigenvalue weighted by molar-refractivity contribution is 5.84. The van der Waals surface area contributed by atoms with Crippen molar-refractivity contribution in [3.8, 4) is 0 Å². The molecule has 5 nitrogen and oxygen atoms in total. The summed E-state index contributed by atoms with van der Waals surface area (Å²) in [6, 6.07) is 0.115. The van der Waals surface area contributed by atoms with E-state index in [-0.39, 0.29) is 11.9 Å². The summed E-state index contributed by atoms with van der Waals surface area (Å²) >= 11 is 0. The number of nitrogens with zero attached hydrogens (tertiary/aromatic N) is 2. The van der Waals surface area contributed by atoms with E-state index in [9.17, 15) is 4.79 Å². The van der Waals surface area contributed by atoms with Crippen LogP contribution in [0, 0.1) is 20.8 Å². The van der Waals surface area contributed by atoms with Gasteiger partial charge in [-0.1, -0.05) is 6.92 Å². The number of primary amides is 1. The molecule has 0 aliphatic carbocycles. The Morgan fingerprint density at radius 3 is 2.45 bits per heavy atom. The lowest BCUT2D eigenvalue weighted by Gasteiger charge is -2.30. The molecular formula is C15H28N4O. The number of nitrogens with two attached hydrogens (primary N) is 1. The van der Waals surface area contributed by atoms with Gasteiger partial charge in [-0.25, -0.2) is 0 Å². The van der Waals surface area contributed by atoms with Crippen LogP contribution in [0.25, 0.3) is 0 Å². The van der Waals surface area contributed by atoms with E-state index in [2.05, 4.69) is 38.1 Å². The molecule has 0 spiro atoms. The van der Waals surface area contributed by atoms with Crippen LogP contribution in [0.1, 0.15) is 56.6 Å². The van der Waals surface area contributed by atoms with Crippen LogP contribution < -0.4 is 11.1 Å². The van der Waals surface area contributed by atoms with Gasteiger partial charge in [0.2, 0.25) is 5.91 Å². The molecule has 0 saturated heterocycles. The van der Waals surface area contributed by atoms with Crippen molar-refractivity contribution in [2.24, 2.45) is 5.73 Å². The van der Waals surface area contributed by atoms with Crippen LogP contribution in [-0.4, -0.2) is 27.8 Å². The van der Waals surface area contributed by atoms with Gasteiger partial charge >= 0.3 is 0 Å². The van der Waals surface area contributed by atoms with Crippen molar-refractivity contribution in [1.29, 1.82) is 0 Å². The van der Waals surface area contributed by atoms with Gasteiger partial charge < -0.3 is 11.1 Å². The topological polar surface area (TPSA) is 72.9 Å². The monoisotopic (exact) mass is 280 g/mol. The minimum Gasteiger partial charge on any atom is -0.368 e. The number of nitrogens with one attached hydrogen (secondary N) is 1. The summed E-state index contributed by atoms with van der Waals surface area (Å²) in [6.07, 6.45) is 1.60. The van der Waals surface area contributed by atoms with E-state index in [1.54, 1.807) is 0 Å². The molecule has 1 amide bonds. The van der Waals surface area contributed by atoms with Crippen molar-refractivity contribution >= 4 is 5.91 Å². The Kier molecular flexibility index (Phi) is 5.34. The normalized spacial score (nSPS) is 15.9. The summed E-state index contributed by atoms with van der Waals surface area (Å²) in [5.41, 5.74) is 8.28. The number of hydrogen-bond donors (Lipinski definition) is 2. The average Bonchev–Trinajstić information content (AvgIpc) is 2.64. The van der Waals surface area contributed by atoms with Crippen molar-refractivity contribution in [1.82, 2.24) is 15.1 Å². The van der Waals surface area contributed by atoms with Crippen LogP contribution in [-0.2, 0) is 4.79 Å². The Morgan fingerprint density at radius 1 is 1.45 bits per heavy atom. The van der Waals surface area contributed by atoms with Crippen LogP contribution in [0.5, 0.6) is 0 Å². The lowest BCUT2D eigenvalue weighted by Crippen LogP contribution is -2.54. The van der Waals surface area contributed by atoms with Gasteiger partial charge in [0, 0.05) is 5.69 Å². The predicted molar refractivity (Wildman–Crippen MR) is 81.7 cm³/mol. The SMILES string of the molecule is CCCNC(C)(CC(C)n1nc(C)c(C)c1C)C(N)=O. The molecule has 0 radical (unpaired) electrons. The second-order valence-electron chi connectivity index (χ2n) is 5.92. The minimum atomic E-state index is -0.699. The largest absolute Gasteiger partial charge is 0.368 e. The first-order valence-electron chi connectivity index (χ1n) is 7.30. The van der Waals surface area contributed by atoms with E-state index in [0.717, 1.165) is 24.4 Å². The summed E-state index contributed by atoms with van der Waals surface area (Å²) in [5.74, 6) is -0.309. The van der Waals surface area contributed by atoms with E-state index < -0.39 is 5.54 Å². The Morgan fingerprint density at radius 2 is 2.05 bits per heavy atom. The molecule has 0 saturated carbocycles. The summed E-state index contributed by atoms with van der Waals surface area (Å²) in [4.78, 5) is 11.8. The van der Waals surface area contributed by atoms with Crippen LogP contribution in [0.15, 0.2) is 0 Å². The zero-order chi connectivity index (χ0) is 15.5. The fourth-order valence-electron chi connectivity index (χ4n) is 2.51. The number of amides is 1. The molecule has 0 bridgehead atoms. The smallest absolute Gasteiger partial charge is 0.237 e. The Hall–Kier alpha value is -1.36. The van der Waals surface area contributed by atoms with Crippen LogP contribution in [0.4, 0.5) is 0 Å².